The van der Waals surface area contributed by atoms with E-state index in [1.165, 1.54) is 0 Å². The van der Waals surface area contributed by atoms with E-state index in [9.17, 15) is 21.6 Å². The van der Waals surface area contributed by atoms with Crippen molar-refractivity contribution >= 4 is 65.3 Å². The summed E-state index contributed by atoms with van der Waals surface area (Å²) in [6.45, 7) is 26.4. The maximum absolute atomic E-state index is 13.8. The zero-order valence-electron chi connectivity index (χ0n) is 22.2. The molecule has 1 heterocycles. The average molecular weight is 603 g/mol. The Labute approximate surface area is 204 Å². The summed E-state index contributed by atoms with van der Waals surface area (Å²) < 4.78 is 72.3. The van der Waals surface area contributed by atoms with E-state index in [-0.39, 0.29) is 0 Å². The standard InChI is InChI=1S/C19H41F3O3SSi7/c1-27(2)28(3,4)30(7,8)33(12,31(9,10)29(27,5)6)32(11,18-16-14-13-15-17-18)25-26(23,24)19(20,21)22/h13-17H,1-12H3. The first-order valence-corrected chi connectivity index (χ1v) is 39.7. The number of hydrogen-bond donors (Lipinski definition) is 0. The SMILES string of the molecule is C[Si](OS(=O)(=O)C(F)(F)F)(c1ccccc1)[Si]1(C)[Si](C)(C)[Si](C)(C)[Si](C)(C)[Si](C)(C)[Si]1(C)C. The molecule has 3 nitrogen and oxygen atoms in total. The lowest BCUT2D eigenvalue weighted by atomic mass is 10.4. The molecule has 0 N–H and O–H groups in total. The third kappa shape index (κ3) is 3.52. The maximum Gasteiger partial charge on any atom is 0.522 e. The monoisotopic (exact) mass is 602 g/mol. The first-order valence-electron chi connectivity index (χ1n) is 11.4. The van der Waals surface area contributed by atoms with E-state index in [4.69, 9.17) is 3.87 Å². The van der Waals surface area contributed by atoms with E-state index in [1.807, 2.05) is 36.9 Å². The van der Waals surface area contributed by atoms with Gasteiger partial charge in [-0.25, -0.2) is 0 Å². The molecule has 190 valence electrons. The highest BCUT2D eigenvalue weighted by atomic mass is 32.2. The Morgan fingerprint density at radius 3 is 1.36 bits per heavy atom. The van der Waals surface area contributed by atoms with Crippen LogP contribution in [-0.4, -0.2) is 63.9 Å². The van der Waals surface area contributed by atoms with E-state index in [2.05, 4.69) is 72.0 Å². The summed E-state index contributed by atoms with van der Waals surface area (Å²) in [5.41, 5.74) is -5.42. The van der Waals surface area contributed by atoms with Crippen molar-refractivity contribution in [2.24, 2.45) is 0 Å². The van der Waals surface area contributed by atoms with Crippen molar-refractivity contribution in [3.05, 3.63) is 30.3 Å². The van der Waals surface area contributed by atoms with Gasteiger partial charge in [0.2, 0.25) is 7.83 Å². The Morgan fingerprint density at radius 1 is 0.697 bits per heavy atom. The van der Waals surface area contributed by atoms with Gasteiger partial charge in [0, 0.05) is 35.5 Å². The van der Waals surface area contributed by atoms with E-state index in [1.54, 1.807) is 0 Å². The van der Waals surface area contributed by atoms with Crippen LogP contribution in [0.25, 0.3) is 0 Å². The van der Waals surface area contributed by atoms with Crippen LogP contribution in [0.4, 0.5) is 13.2 Å². The molecular formula is C19H41F3O3SSi7. The fourth-order valence-electron chi connectivity index (χ4n) is 7.01. The number of alkyl halides is 3. The van der Waals surface area contributed by atoms with Gasteiger partial charge in [-0.2, -0.15) is 21.6 Å². The largest absolute Gasteiger partial charge is 0.522 e. The van der Waals surface area contributed by atoms with E-state index in [0.717, 1.165) is 5.19 Å². The third-order valence-electron chi connectivity index (χ3n) is 11.6. The lowest BCUT2D eigenvalue weighted by molar-refractivity contribution is -0.0501. The molecule has 0 amide bonds. The Kier molecular flexibility index (Phi) is 7.16. The molecule has 0 spiro atoms. The van der Waals surface area contributed by atoms with Crippen LogP contribution >= 0.6 is 0 Å². The number of benzene rings is 1. The molecular weight excluding hydrogens is 562 g/mol. The van der Waals surface area contributed by atoms with Crippen molar-refractivity contribution in [2.75, 3.05) is 0 Å². The van der Waals surface area contributed by atoms with Gasteiger partial charge in [-0.15, -0.1) is 0 Å². The van der Waals surface area contributed by atoms with Crippen molar-refractivity contribution in [1.29, 1.82) is 0 Å². The van der Waals surface area contributed by atoms with Crippen molar-refractivity contribution < 1.29 is 25.5 Å². The second kappa shape index (κ2) is 7.97. The van der Waals surface area contributed by atoms with E-state index >= 15 is 0 Å². The molecule has 1 aromatic carbocycles. The highest BCUT2D eigenvalue weighted by Crippen LogP contribution is 2.54. The minimum absolute atomic E-state index is 0.726. The molecule has 0 bridgehead atoms. The second-order valence-corrected chi connectivity index (χ2v) is 97.2. The summed E-state index contributed by atoms with van der Waals surface area (Å²) in [4.78, 5) is 0. The van der Waals surface area contributed by atoms with Gasteiger partial charge in [-0.3, -0.25) is 0 Å². The van der Waals surface area contributed by atoms with Gasteiger partial charge < -0.3 is 3.87 Å². The molecule has 0 saturated carbocycles. The summed E-state index contributed by atoms with van der Waals surface area (Å²) in [6, 6.07) is 9.15. The molecule has 14 heteroatoms. The first kappa shape index (κ1) is 29.7. The topological polar surface area (TPSA) is 43.4 Å². The lowest BCUT2D eigenvalue weighted by Gasteiger charge is -2.75. The van der Waals surface area contributed by atoms with Crippen molar-refractivity contribution in [3.8, 4) is 0 Å². The quantitative estimate of drug-likeness (QED) is 0.337. The molecule has 2 rings (SSSR count). The zero-order chi connectivity index (χ0) is 26.3. The van der Waals surface area contributed by atoms with Crippen molar-refractivity contribution in [2.45, 2.75) is 84.1 Å². The molecule has 1 aliphatic heterocycles. The van der Waals surface area contributed by atoms with Crippen molar-refractivity contribution in [1.82, 2.24) is 0 Å². The molecule has 0 aliphatic carbocycles. The fraction of sp³-hybridized carbons (Fsp3) is 0.684. The predicted molar refractivity (Wildman–Crippen MR) is 153 cm³/mol. The number of rotatable bonds is 4. The molecule has 33 heavy (non-hydrogen) atoms. The van der Waals surface area contributed by atoms with Crippen LogP contribution in [0, 0.1) is 0 Å². The molecule has 1 unspecified atom stereocenters. The summed E-state index contributed by atoms with van der Waals surface area (Å²) in [5, 5.41) is 0.726. The zero-order valence-corrected chi connectivity index (χ0v) is 30.0. The van der Waals surface area contributed by atoms with Gasteiger partial charge in [0.1, 0.15) is 0 Å². The smallest absolute Gasteiger partial charge is 0.307 e. The van der Waals surface area contributed by atoms with Crippen LogP contribution in [0.5, 0.6) is 0 Å². The molecule has 1 atom stereocenters. The van der Waals surface area contributed by atoms with Gasteiger partial charge in [0.25, 0.3) is 0 Å². The Hall–Kier alpha value is 0.438. The molecule has 1 aromatic rings. The van der Waals surface area contributed by atoms with Crippen LogP contribution in [-0.2, 0) is 14.0 Å². The van der Waals surface area contributed by atoms with E-state index < -0.39 is 65.6 Å². The van der Waals surface area contributed by atoms with Crippen LogP contribution in [0.15, 0.2) is 30.3 Å². The van der Waals surface area contributed by atoms with Gasteiger partial charge in [0.05, 0.1) is 6.63 Å². The summed E-state index contributed by atoms with van der Waals surface area (Å²) >= 11 is 0. The van der Waals surface area contributed by atoms with Gasteiger partial charge in [0.15, 0.2) is 0 Å². The number of halogens is 3. The Balaban J connectivity index is 3.10. The first-order chi connectivity index (χ1) is 14.3. The highest BCUT2D eigenvalue weighted by molar-refractivity contribution is 8.20. The minimum atomic E-state index is -5.71. The Morgan fingerprint density at radius 2 is 1.03 bits per heavy atom. The fourth-order valence-corrected chi connectivity index (χ4v) is 321. The van der Waals surface area contributed by atoms with Crippen LogP contribution in [0.3, 0.4) is 0 Å². The molecule has 0 aromatic heterocycles. The molecule has 1 saturated heterocycles. The van der Waals surface area contributed by atoms with E-state index in [0.29, 0.717) is 0 Å². The normalized spacial score (nSPS) is 26.9. The lowest BCUT2D eigenvalue weighted by Crippen LogP contribution is -3.06. The number of hydrogen-bond acceptors (Lipinski definition) is 3. The van der Waals surface area contributed by atoms with Gasteiger partial charge >= 0.3 is 15.6 Å². The summed E-state index contributed by atoms with van der Waals surface area (Å²) in [7, 11) is -19.0. The average Bonchev–Trinajstić information content (AvgIpc) is 2.64. The second-order valence-electron chi connectivity index (χ2n) is 12.6. The summed E-state index contributed by atoms with van der Waals surface area (Å²) in [5.74, 6) is 0. The summed E-state index contributed by atoms with van der Waals surface area (Å²) in [6.07, 6.45) is 0. The highest BCUT2D eigenvalue weighted by Gasteiger charge is 2.83. The molecule has 1 fully saturated rings. The Bertz CT molecular complexity index is 995. The van der Waals surface area contributed by atoms with Crippen LogP contribution in [0.2, 0.25) is 78.6 Å². The third-order valence-corrected chi connectivity index (χ3v) is 198. The van der Waals surface area contributed by atoms with Gasteiger partial charge in [-0.1, -0.05) is 102 Å². The van der Waals surface area contributed by atoms with Crippen LogP contribution < -0.4 is 5.19 Å². The maximum atomic E-state index is 13.8. The predicted octanol–water partition coefficient (Wildman–Crippen LogP) is 5.52. The van der Waals surface area contributed by atoms with Crippen molar-refractivity contribution in [3.63, 3.8) is 0 Å². The molecule has 0 radical (unpaired) electrons. The molecule has 1 aliphatic rings. The van der Waals surface area contributed by atoms with Gasteiger partial charge in [-0.05, 0) is 11.7 Å². The van der Waals surface area contributed by atoms with Crippen LogP contribution in [0.1, 0.15) is 0 Å². The minimum Gasteiger partial charge on any atom is -0.307 e.